The van der Waals surface area contributed by atoms with Crippen LogP contribution in [-0.2, 0) is 5.75 Å². The van der Waals surface area contributed by atoms with Gasteiger partial charge < -0.3 is 15.2 Å². The van der Waals surface area contributed by atoms with E-state index in [1.165, 1.54) is 0 Å². The lowest BCUT2D eigenvalue weighted by molar-refractivity contribution is 0.174. The zero-order chi connectivity index (χ0) is 14.1. The largest absolute Gasteiger partial charge is 0.454 e. The summed E-state index contributed by atoms with van der Waals surface area (Å²) in [7, 11) is 0. The number of hydrogen-bond acceptors (Lipinski definition) is 4. The van der Waals surface area contributed by atoms with Crippen LogP contribution in [0.15, 0.2) is 35.2 Å². The van der Waals surface area contributed by atoms with Crippen LogP contribution in [0.1, 0.15) is 5.56 Å². The number of anilines is 1. The zero-order valence-corrected chi connectivity index (χ0v) is 12.7. The van der Waals surface area contributed by atoms with E-state index in [4.69, 9.17) is 38.4 Å². The minimum atomic E-state index is 0.221. The fourth-order valence-electron chi connectivity index (χ4n) is 1.87. The monoisotopic (exact) mass is 327 g/mol. The van der Waals surface area contributed by atoms with Gasteiger partial charge in [-0.05, 0) is 35.9 Å². The molecule has 0 atom stereocenters. The molecule has 0 amide bonds. The van der Waals surface area contributed by atoms with Crippen molar-refractivity contribution in [2.75, 3.05) is 12.5 Å². The van der Waals surface area contributed by atoms with Crippen molar-refractivity contribution in [1.29, 1.82) is 0 Å². The number of hydrogen-bond donors (Lipinski definition) is 1. The SMILES string of the molecule is Nc1ccc(SCc2cc(Cl)c3c(c2)OCO3)cc1Cl. The minimum Gasteiger partial charge on any atom is -0.454 e. The lowest BCUT2D eigenvalue weighted by Crippen LogP contribution is -1.93. The molecule has 104 valence electrons. The van der Waals surface area contributed by atoms with Crippen LogP contribution in [0, 0.1) is 0 Å². The smallest absolute Gasteiger partial charge is 0.231 e. The van der Waals surface area contributed by atoms with Crippen molar-refractivity contribution in [1.82, 2.24) is 0 Å². The molecule has 0 bridgehead atoms. The van der Waals surface area contributed by atoms with Gasteiger partial charge in [-0.1, -0.05) is 23.2 Å². The van der Waals surface area contributed by atoms with E-state index in [1.807, 2.05) is 24.3 Å². The van der Waals surface area contributed by atoms with Gasteiger partial charge in [0.15, 0.2) is 11.5 Å². The predicted octanol–water partition coefficient (Wildman–Crippen LogP) is 4.60. The normalized spacial score (nSPS) is 12.7. The average Bonchev–Trinajstić information content (AvgIpc) is 2.89. The van der Waals surface area contributed by atoms with E-state index in [0.29, 0.717) is 27.2 Å². The summed E-state index contributed by atoms with van der Waals surface area (Å²) in [5.74, 6) is 2.08. The first kappa shape index (κ1) is 13.7. The van der Waals surface area contributed by atoms with E-state index in [0.717, 1.165) is 16.2 Å². The number of benzene rings is 2. The first-order chi connectivity index (χ1) is 9.63. The van der Waals surface area contributed by atoms with E-state index in [2.05, 4.69) is 0 Å². The number of fused-ring (bicyclic) bond motifs is 1. The maximum atomic E-state index is 6.15. The molecule has 0 saturated carbocycles. The van der Waals surface area contributed by atoms with Crippen molar-refractivity contribution < 1.29 is 9.47 Å². The molecule has 6 heteroatoms. The molecule has 0 radical (unpaired) electrons. The van der Waals surface area contributed by atoms with Gasteiger partial charge in [-0.3, -0.25) is 0 Å². The van der Waals surface area contributed by atoms with E-state index < -0.39 is 0 Å². The van der Waals surface area contributed by atoms with Gasteiger partial charge in [0.2, 0.25) is 6.79 Å². The molecule has 0 aromatic heterocycles. The Morgan fingerprint density at radius 2 is 1.95 bits per heavy atom. The van der Waals surface area contributed by atoms with Crippen molar-refractivity contribution >= 4 is 40.7 Å². The van der Waals surface area contributed by atoms with Gasteiger partial charge in [-0.15, -0.1) is 11.8 Å². The number of ether oxygens (including phenoxy) is 2. The molecule has 1 heterocycles. The first-order valence-electron chi connectivity index (χ1n) is 5.89. The molecule has 2 aromatic carbocycles. The molecule has 0 spiro atoms. The van der Waals surface area contributed by atoms with Crippen LogP contribution in [0.5, 0.6) is 11.5 Å². The highest BCUT2D eigenvalue weighted by Crippen LogP contribution is 2.41. The van der Waals surface area contributed by atoms with Crippen molar-refractivity contribution in [2.24, 2.45) is 0 Å². The molecule has 20 heavy (non-hydrogen) atoms. The van der Waals surface area contributed by atoms with E-state index in [-0.39, 0.29) is 6.79 Å². The van der Waals surface area contributed by atoms with Crippen LogP contribution in [0.2, 0.25) is 10.0 Å². The van der Waals surface area contributed by atoms with Crippen LogP contribution in [0.3, 0.4) is 0 Å². The van der Waals surface area contributed by atoms with Crippen molar-refractivity contribution in [3.05, 3.63) is 45.9 Å². The van der Waals surface area contributed by atoms with Crippen LogP contribution in [0.25, 0.3) is 0 Å². The molecule has 0 fully saturated rings. The number of thioether (sulfide) groups is 1. The lowest BCUT2D eigenvalue weighted by atomic mass is 10.2. The molecule has 3 rings (SSSR count). The third-order valence-electron chi connectivity index (χ3n) is 2.86. The Bertz CT molecular complexity index is 664. The maximum absolute atomic E-state index is 6.15. The lowest BCUT2D eigenvalue weighted by Gasteiger charge is -2.06. The van der Waals surface area contributed by atoms with E-state index >= 15 is 0 Å². The predicted molar refractivity (Wildman–Crippen MR) is 83.0 cm³/mol. The summed E-state index contributed by atoms with van der Waals surface area (Å²) in [4.78, 5) is 1.05. The Kier molecular flexibility index (Phi) is 3.87. The summed E-state index contributed by atoms with van der Waals surface area (Å²) in [6.07, 6.45) is 0. The van der Waals surface area contributed by atoms with Crippen LogP contribution < -0.4 is 15.2 Å². The molecule has 0 saturated heterocycles. The van der Waals surface area contributed by atoms with Gasteiger partial charge in [0.25, 0.3) is 0 Å². The van der Waals surface area contributed by atoms with Crippen molar-refractivity contribution in [3.63, 3.8) is 0 Å². The molecule has 2 N–H and O–H groups in total. The topological polar surface area (TPSA) is 44.5 Å². The number of halogens is 2. The highest BCUT2D eigenvalue weighted by Gasteiger charge is 2.18. The summed E-state index contributed by atoms with van der Waals surface area (Å²) in [5.41, 5.74) is 7.34. The maximum Gasteiger partial charge on any atom is 0.231 e. The van der Waals surface area contributed by atoms with Gasteiger partial charge in [-0.2, -0.15) is 0 Å². The van der Waals surface area contributed by atoms with Crippen molar-refractivity contribution in [3.8, 4) is 11.5 Å². The quantitative estimate of drug-likeness (QED) is 0.661. The first-order valence-corrected chi connectivity index (χ1v) is 7.63. The number of nitrogen functional groups attached to an aromatic ring is 1. The molecule has 0 unspecified atom stereocenters. The van der Waals surface area contributed by atoms with Crippen LogP contribution >= 0.6 is 35.0 Å². The van der Waals surface area contributed by atoms with E-state index in [1.54, 1.807) is 17.8 Å². The average molecular weight is 328 g/mol. The fraction of sp³-hybridized carbons (Fsp3) is 0.143. The number of rotatable bonds is 3. The summed E-state index contributed by atoms with van der Waals surface area (Å²) in [6, 6.07) is 9.44. The van der Waals surface area contributed by atoms with Gasteiger partial charge in [0.05, 0.1) is 15.7 Å². The molecule has 3 nitrogen and oxygen atoms in total. The van der Waals surface area contributed by atoms with Crippen LogP contribution in [-0.4, -0.2) is 6.79 Å². The highest BCUT2D eigenvalue weighted by atomic mass is 35.5. The van der Waals surface area contributed by atoms with Gasteiger partial charge in [0.1, 0.15) is 0 Å². The summed E-state index contributed by atoms with van der Waals surface area (Å²) >= 11 is 13.8. The molecule has 2 aromatic rings. The number of nitrogens with two attached hydrogens (primary N) is 1. The standard InChI is InChI=1S/C14H11Cl2NO2S/c15-10-5-9(1-2-12(10)17)20-6-8-3-11(16)14-13(4-8)18-7-19-14/h1-5H,6-7,17H2. The Balaban J connectivity index is 1.75. The Labute approximate surface area is 131 Å². The Morgan fingerprint density at radius 1 is 1.10 bits per heavy atom. The minimum absolute atomic E-state index is 0.221. The van der Waals surface area contributed by atoms with E-state index in [9.17, 15) is 0 Å². The third kappa shape index (κ3) is 2.77. The highest BCUT2D eigenvalue weighted by molar-refractivity contribution is 7.98. The van der Waals surface area contributed by atoms with Crippen LogP contribution in [0.4, 0.5) is 5.69 Å². The molecule has 1 aliphatic rings. The van der Waals surface area contributed by atoms with Crippen molar-refractivity contribution in [2.45, 2.75) is 10.6 Å². The van der Waals surface area contributed by atoms with Gasteiger partial charge >= 0.3 is 0 Å². The Morgan fingerprint density at radius 3 is 2.75 bits per heavy atom. The summed E-state index contributed by atoms with van der Waals surface area (Å²) in [6.45, 7) is 0.221. The Hall–Kier alpha value is -1.23. The molecule has 0 aliphatic carbocycles. The summed E-state index contributed by atoms with van der Waals surface area (Å²) < 4.78 is 10.6. The second kappa shape index (κ2) is 5.64. The second-order valence-electron chi connectivity index (χ2n) is 4.28. The summed E-state index contributed by atoms with van der Waals surface area (Å²) in [5, 5.41) is 1.14. The third-order valence-corrected chi connectivity index (χ3v) is 4.54. The van der Waals surface area contributed by atoms with Gasteiger partial charge in [0, 0.05) is 10.6 Å². The second-order valence-corrected chi connectivity index (χ2v) is 6.15. The molecular formula is C14H11Cl2NO2S. The zero-order valence-electron chi connectivity index (χ0n) is 10.4. The van der Waals surface area contributed by atoms with Gasteiger partial charge in [-0.25, -0.2) is 0 Å². The fourth-order valence-corrected chi connectivity index (χ4v) is 3.27. The molecular weight excluding hydrogens is 317 g/mol. The molecule has 1 aliphatic heterocycles.